The van der Waals surface area contributed by atoms with Crippen molar-refractivity contribution in [3.63, 3.8) is 0 Å². The van der Waals surface area contributed by atoms with Crippen molar-refractivity contribution >= 4 is 20.0 Å². The molecule has 2 N–H and O–H groups in total. The van der Waals surface area contributed by atoms with Gasteiger partial charge in [0.05, 0.1) is 9.79 Å². The van der Waals surface area contributed by atoms with E-state index in [1.54, 1.807) is 43.6 Å². The van der Waals surface area contributed by atoms with Crippen LogP contribution in [0.2, 0.25) is 0 Å². The molecule has 0 saturated heterocycles. The van der Waals surface area contributed by atoms with Gasteiger partial charge < -0.3 is 4.74 Å². The van der Waals surface area contributed by atoms with Crippen LogP contribution in [0.4, 0.5) is 0 Å². The molecule has 1 fully saturated rings. The third-order valence-corrected chi connectivity index (χ3v) is 8.28. The maximum atomic E-state index is 12.8. The van der Waals surface area contributed by atoms with Gasteiger partial charge in [-0.1, -0.05) is 18.2 Å². The largest absolute Gasteiger partial charge is 0.489 e. The Bertz CT molecular complexity index is 1290. The first-order valence-corrected chi connectivity index (χ1v) is 13.5. The number of aromatic nitrogens is 1. The standard InChI is InChI=1S/C23H25N3O5S2/c1-17(19-4-8-21(9-5-19)31-16-18-3-2-14-24-15-18)25-32(27,28)22-10-12-23(13-11-22)33(29,30)26-20-6-7-20/h2-5,8-15,17,20,25-26H,6-7,16H2,1H3. The quantitative estimate of drug-likeness (QED) is 0.454. The molecule has 4 rings (SSSR count). The molecular weight excluding hydrogens is 462 g/mol. The van der Waals surface area contributed by atoms with E-state index in [0.29, 0.717) is 12.4 Å². The average Bonchev–Trinajstić information content (AvgIpc) is 3.62. The summed E-state index contributed by atoms with van der Waals surface area (Å²) < 4.78 is 61.0. The highest BCUT2D eigenvalue weighted by Gasteiger charge is 2.28. The van der Waals surface area contributed by atoms with Crippen LogP contribution in [-0.4, -0.2) is 27.9 Å². The van der Waals surface area contributed by atoms with Gasteiger partial charge in [0.2, 0.25) is 20.0 Å². The monoisotopic (exact) mass is 487 g/mol. The van der Waals surface area contributed by atoms with Gasteiger partial charge in [-0.2, -0.15) is 0 Å². The molecule has 3 aromatic rings. The number of hydrogen-bond acceptors (Lipinski definition) is 6. The molecule has 1 unspecified atom stereocenters. The second kappa shape index (κ2) is 9.60. The summed E-state index contributed by atoms with van der Waals surface area (Å²) in [6.45, 7) is 2.12. The molecular formula is C23H25N3O5S2. The summed E-state index contributed by atoms with van der Waals surface area (Å²) in [5.74, 6) is 0.661. The summed E-state index contributed by atoms with van der Waals surface area (Å²) in [4.78, 5) is 4.09. The molecule has 1 atom stereocenters. The highest BCUT2D eigenvalue weighted by Crippen LogP contribution is 2.24. The van der Waals surface area contributed by atoms with Crippen molar-refractivity contribution in [1.82, 2.24) is 14.4 Å². The Morgan fingerprint density at radius 2 is 1.58 bits per heavy atom. The molecule has 0 radical (unpaired) electrons. The SMILES string of the molecule is CC(NS(=O)(=O)c1ccc(S(=O)(=O)NC2CC2)cc1)c1ccc(OCc2cccnc2)cc1. The first-order valence-electron chi connectivity index (χ1n) is 10.5. The number of nitrogens with zero attached hydrogens (tertiary/aromatic N) is 1. The van der Waals surface area contributed by atoms with Crippen molar-refractivity contribution in [3.05, 3.63) is 84.2 Å². The number of rotatable bonds is 10. The van der Waals surface area contributed by atoms with Gasteiger partial charge >= 0.3 is 0 Å². The van der Waals surface area contributed by atoms with Gasteiger partial charge in [0.15, 0.2) is 0 Å². The summed E-state index contributed by atoms with van der Waals surface area (Å²) in [7, 11) is -7.47. The second-order valence-electron chi connectivity index (χ2n) is 7.93. The minimum Gasteiger partial charge on any atom is -0.489 e. The van der Waals surface area contributed by atoms with Gasteiger partial charge in [-0.25, -0.2) is 26.3 Å². The molecule has 0 bridgehead atoms. The van der Waals surface area contributed by atoms with E-state index in [1.165, 1.54) is 24.3 Å². The minimum atomic E-state index is -3.84. The van der Waals surface area contributed by atoms with E-state index in [-0.39, 0.29) is 15.8 Å². The van der Waals surface area contributed by atoms with Crippen LogP contribution in [0.15, 0.2) is 82.8 Å². The number of sulfonamides is 2. The number of ether oxygens (including phenoxy) is 1. The maximum Gasteiger partial charge on any atom is 0.241 e. The van der Waals surface area contributed by atoms with Gasteiger partial charge in [0, 0.05) is 30.0 Å². The van der Waals surface area contributed by atoms with Crippen LogP contribution in [0, 0.1) is 0 Å². The molecule has 1 aliphatic carbocycles. The molecule has 8 nitrogen and oxygen atoms in total. The Kier molecular flexibility index (Phi) is 6.80. The van der Waals surface area contributed by atoms with Crippen molar-refractivity contribution < 1.29 is 21.6 Å². The fourth-order valence-electron chi connectivity index (χ4n) is 3.16. The van der Waals surface area contributed by atoms with Crippen LogP contribution in [0.3, 0.4) is 0 Å². The minimum absolute atomic E-state index is 0.00357. The van der Waals surface area contributed by atoms with E-state index < -0.39 is 26.1 Å². The molecule has 1 aliphatic rings. The molecule has 0 spiro atoms. The van der Waals surface area contributed by atoms with Crippen molar-refractivity contribution in [3.8, 4) is 5.75 Å². The highest BCUT2D eigenvalue weighted by atomic mass is 32.2. The van der Waals surface area contributed by atoms with Crippen LogP contribution in [0.25, 0.3) is 0 Å². The molecule has 10 heteroatoms. The third kappa shape index (κ3) is 6.17. The average molecular weight is 488 g/mol. The van der Waals surface area contributed by atoms with Crippen LogP contribution in [0.5, 0.6) is 5.75 Å². The van der Waals surface area contributed by atoms with E-state index in [0.717, 1.165) is 24.0 Å². The Balaban J connectivity index is 1.38. The predicted octanol–water partition coefficient (Wildman–Crippen LogP) is 3.14. The first kappa shape index (κ1) is 23.4. The van der Waals surface area contributed by atoms with Gasteiger partial charge in [0.1, 0.15) is 12.4 Å². The number of hydrogen-bond donors (Lipinski definition) is 2. The number of benzene rings is 2. The van der Waals surface area contributed by atoms with Crippen LogP contribution >= 0.6 is 0 Å². The van der Waals surface area contributed by atoms with E-state index in [9.17, 15) is 16.8 Å². The Hall–Kier alpha value is -2.79. The molecule has 1 aromatic heterocycles. The van der Waals surface area contributed by atoms with Gasteiger partial charge in [0.25, 0.3) is 0 Å². The predicted molar refractivity (Wildman–Crippen MR) is 124 cm³/mol. The molecule has 1 saturated carbocycles. The number of nitrogens with one attached hydrogen (secondary N) is 2. The van der Waals surface area contributed by atoms with Crippen molar-refractivity contribution in [2.45, 2.75) is 48.2 Å². The zero-order valence-electron chi connectivity index (χ0n) is 18.0. The Morgan fingerprint density at radius 3 is 2.15 bits per heavy atom. The molecule has 0 amide bonds. The smallest absolute Gasteiger partial charge is 0.241 e. The second-order valence-corrected chi connectivity index (χ2v) is 11.4. The lowest BCUT2D eigenvalue weighted by molar-refractivity contribution is 0.305. The van der Waals surface area contributed by atoms with E-state index in [4.69, 9.17) is 4.74 Å². The van der Waals surface area contributed by atoms with E-state index in [1.807, 2.05) is 12.1 Å². The molecule has 0 aliphatic heterocycles. The zero-order valence-corrected chi connectivity index (χ0v) is 19.6. The van der Waals surface area contributed by atoms with Gasteiger partial charge in [-0.05, 0) is 67.8 Å². The van der Waals surface area contributed by atoms with Crippen molar-refractivity contribution in [1.29, 1.82) is 0 Å². The van der Waals surface area contributed by atoms with E-state index in [2.05, 4.69) is 14.4 Å². The summed E-state index contributed by atoms with van der Waals surface area (Å²) in [6, 6.07) is 15.6. The van der Waals surface area contributed by atoms with Gasteiger partial charge in [-0.3, -0.25) is 4.98 Å². The Labute approximate surface area is 194 Å². The van der Waals surface area contributed by atoms with Gasteiger partial charge in [-0.15, -0.1) is 0 Å². The fraction of sp³-hybridized carbons (Fsp3) is 0.261. The molecule has 1 heterocycles. The summed E-state index contributed by atoms with van der Waals surface area (Å²) in [5, 5.41) is 0. The lowest BCUT2D eigenvalue weighted by Gasteiger charge is -2.16. The van der Waals surface area contributed by atoms with Crippen molar-refractivity contribution in [2.75, 3.05) is 0 Å². The summed E-state index contributed by atoms with van der Waals surface area (Å²) >= 11 is 0. The summed E-state index contributed by atoms with van der Waals surface area (Å²) in [5.41, 5.74) is 1.71. The lowest BCUT2D eigenvalue weighted by Crippen LogP contribution is -2.27. The fourth-order valence-corrected chi connectivity index (χ4v) is 5.70. The lowest BCUT2D eigenvalue weighted by atomic mass is 10.1. The van der Waals surface area contributed by atoms with Crippen LogP contribution in [-0.2, 0) is 26.7 Å². The first-order chi connectivity index (χ1) is 15.7. The third-order valence-electron chi connectivity index (χ3n) is 5.18. The number of pyridine rings is 1. The zero-order chi connectivity index (χ0) is 23.5. The van der Waals surface area contributed by atoms with Crippen molar-refractivity contribution in [2.24, 2.45) is 0 Å². The maximum absolute atomic E-state index is 12.8. The Morgan fingerprint density at radius 1 is 0.939 bits per heavy atom. The van der Waals surface area contributed by atoms with E-state index >= 15 is 0 Å². The normalized spacial score (nSPS) is 15.2. The topological polar surface area (TPSA) is 114 Å². The highest BCUT2D eigenvalue weighted by molar-refractivity contribution is 7.90. The van der Waals surface area contributed by atoms with Crippen LogP contribution in [0.1, 0.15) is 36.9 Å². The summed E-state index contributed by atoms with van der Waals surface area (Å²) in [6.07, 6.45) is 5.08. The molecule has 33 heavy (non-hydrogen) atoms. The van der Waals surface area contributed by atoms with Crippen LogP contribution < -0.4 is 14.2 Å². The molecule has 174 valence electrons. The molecule has 2 aromatic carbocycles.